The van der Waals surface area contributed by atoms with Crippen LogP contribution in [-0.4, -0.2) is 14.3 Å². The number of benzene rings is 3. The van der Waals surface area contributed by atoms with Crippen molar-refractivity contribution in [2.75, 3.05) is 10.0 Å². The van der Waals surface area contributed by atoms with E-state index in [9.17, 15) is 22.0 Å². The summed E-state index contributed by atoms with van der Waals surface area (Å²) in [5.41, 5.74) is 1.18. The van der Waals surface area contributed by atoms with Crippen LogP contribution in [-0.2, 0) is 10.0 Å². The van der Waals surface area contributed by atoms with Gasteiger partial charge in [-0.15, -0.1) is 0 Å². The third-order valence-corrected chi connectivity index (χ3v) is 5.62. The lowest BCUT2D eigenvalue weighted by Gasteiger charge is -2.09. The molecule has 0 aliphatic carbocycles. The number of amides is 1. The van der Waals surface area contributed by atoms with Gasteiger partial charge in [0.1, 0.15) is 5.58 Å². The Bertz CT molecular complexity index is 1320. The minimum absolute atomic E-state index is 0.138. The molecular formula is C21H14F2N2O4S. The Morgan fingerprint density at radius 1 is 0.833 bits per heavy atom. The average molecular weight is 428 g/mol. The van der Waals surface area contributed by atoms with Crippen LogP contribution in [0, 0.1) is 11.6 Å². The number of furan rings is 1. The number of rotatable bonds is 5. The summed E-state index contributed by atoms with van der Waals surface area (Å²) in [5.74, 6) is -2.72. The van der Waals surface area contributed by atoms with Gasteiger partial charge < -0.3 is 9.73 Å². The van der Waals surface area contributed by atoms with Crippen LogP contribution in [0.4, 0.5) is 20.2 Å². The molecule has 0 fully saturated rings. The van der Waals surface area contributed by atoms with Gasteiger partial charge in [0.05, 0.1) is 4.90 Å². The molecule has 6 nitrogen and oxygen atoms in total. The SMILES string of the molecule is O=C(Nc1ccc(NS(=O)(=O)c2ccc(F)c(F)c2)cc1)c1cc2ccccc2o1. The Morgan fingerprint density at radius 3 is 2.23 bits per heavy atom. The molecule has 0 unspecified atom stereocenters. The summed E-state index contributed by atoms with van der Waals surface area (Å²) in [7, 11) is -4.11. The molecule has 0 saturated heterocycles. The lowest BCUT2D eigenvalue weighted by molar-refractivity contribution is 0.0998. The highest BCUT2D eigenvalue weighted by molar-refractivity contribution is 7.92. The van der Waals surface area contributed by atoms with Crippen LogP contribution in [0.3, 0.4) is 0 Å². The van der Waals surface area contributed by atoms with E-state index in [1.807, 2.05) is 12.1 Å². The van der Waals surface area contributed by atoms with E-state index in [1.54, 1.807) is 18.2 Å². The Hall–Kier alpha value is -3.72. The number of nitrogens with one attached hydrogen (secondary N) is 2. The zero-order chi connectivity index (χ0) is 21.3. The third-order valence-electron chi connectivity index (χ3n) is 4.25. The summed E-state index contributed by atoms with van der Waals surface area (Å²) >= 11 is 0. The normalized spacial score (nSPS) is 11.4. The number of fused-ring (bicyclic) bond motifs is 1. The molecule has 1 heterocycles. The van der Waals surface area contributed by atoms with E-state index in [2.05, 4.69) is 10.0 Å². The highest BCUT2D eigenvalue weighted by Gasteiger charge is 2.17. The van der Waals surface area contributed by atoms with Crippen molar-refractivity contribution in [2.24, 2.45) is 0 Å². The molecule has 4 aromatic rings. The smallest absolute Gasteiger partial charge is 0.291 e. The Labute approximate surface area is 170 Å². The maximum Gasteiger partial charge on any atom is 0.291 e. The molecule has 152 valence electrons. The van der Waals surface area contributed by atoms with Crippen molar-refractivity contribution in [3.8, 4) is 0 Å². The first kappa shape index (κ1) is 19.6. The fourth-order valence-corrected chi connectivity index (χ4v) is 3.84. The van der Waals surface area contributed by atoms with Crippen LogP contribution >= 0.6 is 0 Å². The van der Waals surface area contributed by atoms with E-state index in [0.29, 0.717) is 17.3 Å². The first-order valence-electron chi connectivity index (χ1n) is 8.70. The van der Waals surface area contributed by atoms with Crippen LogP contribution < -0.4 is 10.0 Å². The van der Waals surface area contributed by atoms with Crippen LogP contribution in [0.1, 0.15) is 10.6 Å². The van der Waals surface area contributed by atoms with Gasteiger partial charge >= 0.3 is 0 Å². The minimum Gasteiger partial charge on any atom is -0.451 e. The predicted molar refractivity (Wildman–Crippen MR) is 108 cm³/mol. The molecule has 0 saturated carbocycles. The second kappa shape index (κ2) is 7.60. The lowest BCUT2D eigenvalue weighted by atomic mass is 10.2. The van der Waals surface area contributed by atoms with Crippen molar-refractivity contribution < 1.29 is 26.4 Å². The Morgan fingerprint density at radius 2 is 1.53 bits per heavy atom. The molecule has 9 heteroatoms. The number of carbonyl (C=O) groups is 1. The van der Waals surface area contributed by atoms with Crippen molar-refractivity contribution >= 4 is 38.3 Å². The van der Waals surface area contributed by atoms with E-state index in [1.165, 1.54) is 24.3 Å². The largest absolute Gasteiger partial charge is 0.451 e. The molecule has 0 aliphatic rings. The molecule has 1 amide bonds. The first-order chi connectivity index (χ1) is 14.3. The number of halogens is 2. The third kappa shape index (κ3) is 4.01. The molecule has 30 heavy (non-hydrogen) atoms. The summed E-state index contributed by atoms with van der Waals surface area (Å²) in [6.07, 6.45) is 0. The maximum absolute atomic E-state index is 13.3. The molecular weight excluding hydrogens is 414 g/mol. The topological polar surface area (TPSA) is 88.4 Å². The summed E-state index contributed by atoms with van der Waals surface area (Å²) in [5, 5.41) is 3.45. The van der Waals surface area contributed by atoms with Crippen molar-refractivity contribution in [2.45, 2.75) is 4.90 Å². The van der Waals surface area contributed by atoms with Crippen LogP contribution in [0.15, 0.2) is 82.1 Å². The summed E-state index contributed by atoms with van der Waals surface area (Å²) in [4.78, 5) is 11.9. The van der Waals surface area contributed by atoms with Gasteiger partial charge in [-0.05, 0) is 54.6 Å². The molecule has 0 radical (unpaired) electrons. The molecule has 0 spiro atoms. The van der Waals surface area contributed by atoms with E-state index in [-0.39, 0.29) is 11.4 Å². The molecule has 4 rings (SSSR count). The summed E-state index contributed by atoms with van der Waals surface area (Å²) < 4.78 is 58.7. The van der Waals surface area contributed by atoms with E-state index < -0.39 is 32.5 Å². The van der Waals surface area contributed by atoms with Crippen molar-refractivity contribution in [1.29, 1.82) is 0 Å². The monoisotopic (exact) mass is 428 g/mol. The minimum atomic E-state index is -4.11. The number of hydrogen-bond donors (Lipinski definition) is 2. The van der Waals surface area contributed by atoms with Crippen LogP contribution in [0.25, 0.3) is 11.0 Å². The van der Waals surface area contributed by atoms with Crippen molar-refractivity contribution in [3.63, 3.8) is 0 Å². The van der Waals surface area contributed by atoms with Gasteiger partial charge in [0.15, 0.2) is 17.4 Å². The molecule has 0 bridgehead atoms. The quantitative estimate of drug-likeness (QED) is 0.480. The first-order valence-corrected chi connectivity index (χ1v) is 10.2. The van der Waals surface area contributed by atoms with Gasteiger partial charge in [0.2, 0.25) is 0 Å². The Kier molecular flexibility index (Phi) is 4.96. The van der Waals surface area contributed by atoms with Crippen LogP contribution in [0.5, 0.6) is 0 Å². The number of anilines is 2. The fourth-order valence-electron chi connectivity index (χ4n) is 2.77. The Balaban J connectivity index is 1.47. The highest BCUT2D eigenvalue weighted by atomic mass is 32.2. The standard InChI is InChI=1S/C21H14F2N2O4S/c22-17-10-9-16(12-18(17)23)30(27,28)25-15-7-5-14(6-8-15)24-21(26)20-11-13-3-1-2-4-19(13)29-20/h1-12,25H,(H,24,26). The van der Waals surface area contributed by atoms with Gasteiger partial charge in [0.25, 0.3) is 15.9 Å². The molecule has 3 aromatic carbocycles. The summed E-state index contributed by atoms with van der Waals surface area (Å²) in [6.45, 7) is 0. The molecule has 2 N–H and O–H groups in total. The van der Waals surface area contributed by atoms with Gasteiger partial charge in [0, 0.05) is 16.8 Å². The van der Waals surface area contributed by atoms with E-state index in [4.69, 9.17) is 4.42 Å². The fraction of sp³-hybridized carbons (Fsp3) is 0. The van der Waals surface area contributed by atoms with Crippen molar-refractivity contribution in [3.05, 3.63) is 90.2 Å². The number of para-hydroxylation sites is 1. The maximum atomic E-state index is 13.3. The predicted octanol–water partition coefficient (Wildman–Crippen LogP) is 4.76. The zero-order valence-corrected chi connectivity index (χ0v) is 16.0. The zero-order valence-electron chi connectivity index (χ0n) is 15.2. The highest BCUT2D eigenvalue weighted by Crippen LogP contribution is 2.22. The number of hydrogen-bond acceptors (Lipinski definition) is 4. The molecule has 0 atom stereocenters. The molecule has 1 aromatic heterocycles. The van der Waals surface area contributed by atoms with Crippen LogP contribution in [0.2, 0.25) is 0 Å². The van der Waals surface area contributed by atoms with Gasteiger partial charge in [-0.1, -0.05) is 18.2 Å². The van der Waals surface area contributed by atoms with Gasteiger partial charge in [-0.25, -0.2) is 17.2 Å². The number of sulfonamides is 1. The van der Waals surface area contributed by atoms with E-state index >= 15 is 0 Å². The lowest BCUT2D eigenvalue weighted by Crippen LogP contribution is -2.14. The summed E-state index contributed by atoms with van der Waals surface area (Å²) in [6, 6.07) is 16.9. The van der Waals surface area contributed by atoms with Crippen molar-refractivity contribution in [1.82, 2.24) is 0 Å². The second-order valence-corrected chi connectivity index (χ2v) is 8.04. The van der Waals surface area contributed by atoms with E-state index in [0.717, 1.165) is 17.5 Å². The average Bonchev–Trinajstić information content (AvgIpc) is 3.16. The molecule has 0 aliphatic heterocycles. The number of carbonyl (C=O) groups excluding carboxylic acids is 1. The second-order valence-electron chi connectivity index (χ2n) is 6.36. The van der Waals surface area contributed by atoms with Gasteiger partial charge in [-0.2, -0.15) is 0 Å². The van der Waals surface area contributed by atoms with Gasteiger partial charge in [-0.3, -0.25) is 9.52 Å².